The lowest BCUT2D eigenvalue weighted by molar-refractivity contribution is 0.140. The number of hydrogen-bond acceptors (Lipinski definition) is 4. The second-order valence-corrected chi connectivity index (χ2v) is 14.3. The topological polar surface area (TPSA) is 101 Å². The number of halogens is 10. The Bertz CT molecular complexity index is 1330. The van der Waals surface area contributed by atoms with E-state index in [9.17, 15) is 9.59 Å². The summed E-state index contributed by atoms with van der Waals surface area (Å²) in [7, 11) is 0. The van der Waals surface area contributed by atoms with Crippen molar-refractivity contribution < 1.29 is 19.1 Å². The van der Waals surface area contributed by atoms with Gasteiger partial charge in [-0.3, -0.25) is 10.6 Å². The summed E-state index contributed by atoms with van der Waals surface area (Å²) in [5, 5.41) is 10.8. The van der Waals surface area contributed by atoms with Gasteiger partial charge in [-0.05, 0) is 48.5 Å². The van der Waals surface area contributed by atoms with Crippen molar-refractivity contribution in [2.45, 2.75) is 20.0 Å². The standard InChI is InChI=1S/C24H16Cl10N4O4/c25-13-7-5-11(9-15(13)27)35-21(39)37-19(23(29,30)31)41-17-3-1-2-4-18(17)42-20(24(32,33)34)38-22(40)36-12-6-8-14(26)16(28)10-12/h1-10,19-20H,(H2,35,37,39)(H2,36,38,40)/t19-,20-/m0/s1. The Balaban J connectivity index is 1.76. The number of amides is 4. The number of alkyl halides is 6. The van der Waals surface area contributed by atoms with Gasteiger partial charge in [-0.25, -0.2) is 9.59 Å². The minimum Gasteiger partial charge on any atom is -0.462 e. The summed E-state index contributed by atoms with van der Waals surface area (Å²) in [6, 6.07) is 13.1. The average molecular weight is 779 g/mol. The van der Waals surface area contributed by atoms with Crippen LogP contribution in [0.5, 0.6) is 11.5 Å². The molecule has 0 saturated carbocycles. The van der Waals surface area contributed by atoms with Crippen LogP contribution in [0.15, 0.2) is 60.7 Å². The number of benzene rings is 3. The minimum atomic E-state index is -2.19. The predicted molar refractivity (Wildman–Crippen MR) is 173 cm³/mol. The third-order valence-corrected chi connectivity index (χ3v) is 7.48. The lowest BCUT2D eigenvalue weighted by Gasteiger charge is -2.29. The van der Waals surface area contributed by atoms with Gasteiger partial charge in [-0.1, -0.05) is 128 Å². The zero-order chi connectivity index (χ0) is 31.2. The van der Waals surface area contributed by atoms with Gasteiger partial charge in [0.25, 0.3) is 0 Å². The molecule has 226 valence electrons. The molecule has 4 amide bonds. The Morgan fingerprint density at radius 1 is 0.571 bits per heavy atom. The first kappa shape index (κ1) is 35.2. The molecule has 42 heavy (non-hydrogen) atoms. The molecule has 2 atom stereocenters. The molecule has 0 saturated heterocycles. The van der Waals surface area contributed by atoms with Crippen LogP contribution in [-0.2, 0) is 0 Å². The molecule has 0 aromatic heterocycles. The summed E-state index contributed by atoms with van der Waals surface area (Å²) in [4.78, 5) is 25.3. The Hall–Kier alpha value is -1.30. The van der Waals surface area contributed by atoms with E-state index in [4.69, 9.17) is 125 Å². The molecule has 0 bridgehead atoms. The van der Waals surface area contributed by atoms with Gasteiger partial charge in [0.1, 0.15) is 0 Å². The molecule has 0 aliphatic carbocycles. The number of hydrogen-bond donors (Lipinski definition) is 4. The van der Waals surface area contributed by atoms with Crippen LogP contribution in [0.25, 0.3) is 0 Å². The van der Waals surface area contributed by atoms with E-state index < -0.39 is 32.1 Å². The van der Waals surface area contributed by atoms with Crippen LogP contribution >= 0.6 is 116 Å². The van der Waals surface area contributed by atoms with Gasteiger partial charge in [0, 0.05) is 11.4 Å². The van der Waals surface area contributed by atoms with E-state index in [-0.39, 0.29) is 31.6 Å². The summed E-state index contributed by atoms with van der Waals surface area (Å²) in [5.41, 5.74) is 0.592. The lowest BCUT2D eigenvalue weighted by atomic mass is 10.3. The third-order valence-electron chi connectivity index (χ3n) is 4.81. The van der Waals surface area contributed by atoms with E-state index in [0.29, 0.717) is 11.4 Å². The van der Waals surface area contributed by atoms with Crippen LogP contribution < -0.4 is 30.7 Å². The van der Waals surface area contributed by atoms with Gasteiger partial charge in [-0.15, -0.1) is 0 Å². The van der Waals surface area contributed by atoms with E-state index >= 15 is 0 Å². The first-order valence-electron chi connectivity index (χ1n) is 11.1. The first-order valence-corrected chi connectivity index (χ1v) is 14.9. The van der Waals surface area contributed by atoms with Crippen LogP contribution in [-0.4, -0.2) is 32.1 Å². The highest BCUT2D eigenvalue weighted by molar-refractivity contribution is 6.68. The number of nitrogens with one attached hydrogen (secondary N) is 4. The zero-order valence-electron chi connectivity index (χ0n) is 20.3. The van der Waals surface area contributed by atoms with Crippen LogP contribution in [0.2, 0.25) is 20.1 Å². The molecule has 18 heteroatoms. The Labute approximate surface area is 290 Å². The van der Waals surface area contributed by atoms with Crippen molar-refractivity contribution in [3.63, 3.8) is 0 Å². The Morgan fingerprint density at radius 3 is 1.24 bits per heavy atom. The highest BCUT2D eigenvalue weighted by Gasteiger charge is 2.39. The highest BCUT2D eigenvalue weighted by atomic mass is 35.6. The van der Waals surface area contributed by atoms with E-state index in [1.165, 1.54) is 48.5 Å². The van der Waals surface area contributed by atoms with E-state index in [1.54, 1.807) is 12.1 Å². The van der Waals surface area contributed by atoms with Gasteiger partial charge in [0.2, 0.25) is 20.0 Å². The molecule has 4 N–H and O–H groups in total. The smallest absolute Gasteiger partial charge is 0.322 e. The molecule has 0 radical (unpaired) electrons. The molecule has 0 aliphatic heterocycles. The van der Waals surface area contributed by atoms with Crippen LogP contribution in [0.1, 0.15) is 0 Å². The molecule has 0 unspecified atom stereocenters. The minimum absolute atomic E-state index is 0.0606. The molecule has 0 fully saturated rings. The summed E-state index contributed by atoms with van der Waals surface area (Å²) >= 11 is 60.2. The number of ether oxygens (including phenoxy) is 2. The number of para-hydroxylation sites is 2. The highest BCUT2D eigenvalue weighted by Crippen LogP contribution is 2.38. The maximum absolute atomic E-state index is 12.7. The predicted octanol–water partition coefficient (Wildman–Crippen LogP) is 10.1. The average Bonchev–Trinajstić information content (AvgIpc) is 2.87. The molecule has 0 heterocycles. The van der Waals surface area contributed by atoms with Crippen LogP contribution in [0.4, 0.5) is 21.0 Å². The van der Waals surface area contributed by atoms with Crippen molar-refractivity contribution in [2.75, 3.05) is 10.6 Å². The summed E-state index contributed by atoms with van der Waals surface area (Å²) in [5.74, 6) is -0.121. The SMILES string of the molecule is O=C(Nc1ccc(Cl)c(Cl)c1)N[C@@H](Oc1ccccc1O[C@H](NC(=O)Nc1ccc(Cl)c(Cl)c1)C(Cl)(Cl)Cl)C(Cl)(Cl)Cl. The number of carbonyl (C=O) groups is 2. The second-order valence-electron chi connectivity index (χ2n) is 7.98. The number of carbonyl (C=O) groups excluding carboxylic acids is 2. The van der Waals surface area contributed by atoms with Gasteiger partial charge in [0.05, 0.1) is 20.1 Å². The monoisotopic (exact) mass is 774 g/mol. The molecule has 3 aromatic carbocycles. The van der Waals surface area contributed by atoms with Gasteiger partial charge >= 0.3 is 12.1 Å². The quantitative estimate of drug-likeness (QED) is 0.135. The Kier molecular flexibility index (Phi) is 12.7. The summed E-state index contributed by atoms with van der Waals surface area (Å²) in [6.07, 6.45) is -3.15. The van der Waals surface area contributed by atoms with Crippen molar-refractivity contribution in [1.29, 1.82) is 0 Å². The van der Waals surface area contributed by atoms with Gasteiger partial charge in [0.15, 0.2) is 11.5 Å². The van der Waals surface area contributed by atoms with E-state index in [2.05, 4.69) is 21.3 Å². The molecule has 3 rings (SSSR count). The lowest BCUT2D eigenvalue weighted by Crippen LogP contribution is -2.50. The van der Waals surface area contributed by atoms with Crippen molar-refractivity contribution in [3.05, 3.63) is 80.8 Å². The van der Waals surface area contributed by atoms with Crippen molar-refractivity contribution in [3.8, 4) is 11.5 Å². The molecule has 0 spiro atoms. The van der Waals surface area contributed by atoms with Crippen molar-refractivity contribution in [1.82, 2.24) is 10.6 Å². The molecular formula is C24H16Cl10N4O4. The largest absolute Gasteiger partial charge is 0.462 e. The number of urea groups is 2. The van der Waals surface area contributed by atoms with Crippen LogP contribution in [0.3, 0.4) is 0 Å². The third kappa shape index (κ3) is 10.7. The maximum Gasteiger partial charge on any atom is 0.322 e. The molecular weight excluding hydrogens is 763 g/mol. The first-order chi connectivity index (χ1) is 19.5. The summed E-state index contributed by atoms with van der Waals surface area (Å²) < 4.78 is 7.18. The van der Waals surface area contributed by atoms with Crippen molar-refractivity contribution in [2.24, 2.45) is 0 Å². The fraction of sp³-hybridized carbons (Fsp3) is 0.167. The number of anilines is 2. The molecule has 8 nitrogen and oxygen atoms in total. The van der Waals surface area contributed by atoms with Gasteiger partial charge < -0.3 is 20.1 Å². The number of rotatable bonds is 8. The fourth-order valence-corrected chi connectivity index (χ4v) is 4.17. The van der Waals surface area contributed by atoms with Crippen molar-refractivity contribution >= 4 is 139 Å². The maximum atomic E-state index is 12.7. The normalized spacial score (nSPS) is 13.0. The zero-order valence-corrected chi connectivity index (χ0v) is 27.9. The summed E-state index contributed by atoms with van der Waals surface area (Å²) in [6.45, 7) is 0. The van der Waals surface area contributed by atoms with Crippen LogP contribution in [0, 0.1) is 0 Å². The van der Waals surface area contributed by atoms with E-state index in [0.717, 1.165) is 0 Å². The van der Waals surface area contributed by atoms with E-state index in [1.807, 2.05) is 0 Å². The molecule has 0 aliphatic rings. The fourth-order valence-electron chi connectivity index (χ4n) is 2.98. The molecule has 3 aromatic rings. The second kappa shape index (κ2) is 15.1. The Morgan fingerprint density at radius 2 is 0.929 bits per heavy atom. The van der Waals surface area contributed by atoms with Gasteiger partial charge in [-0.2, -0.15) is 0 Å².